The molecule has 3 aliphatic rings. The maximum Gasteiger partial charge on any atom is 0.401 e. The minimum atomic E-state index is -4.14. The van der Waals surface area contributed by atoms with Gasteiger partial charge in [-0.1, -0.05) is 18.2 Å². The summed E-state index contributed by atoms with van der Waals surface area (Å²) in [5.41, 5.74) is 1.67. The Balaban J connectivity index is 0.000000162. The Hall–Kier alpha value is -3.25. The molecule has 0 spiro atoms. The molecule has 2 saturated heterocycles. The average Bonchev–Trinajstić information content (AvgIpc) is 3.56. The van der Waals surface area contributed by atoms with Gasteiger partial charge in [0.05, 0.1) is 23.0 Å². The molecule has 1 aromatic carbocycles. The summed E-state index contributed by atoms with van der Waals surface area (Å²) >= 11 is 0. The van der Waals surface area contributed by atoms with Crippen LogP contribution in [0, 0.1) is 17.2 Å². The lowest BCUT2D eigenvalue weighted by Crippen LogP contribution is -2.46. The molecule has 2 fully saturated rings. The molecule has 0 saturated carbocycles. The van der Waals surface area contributed by atoms with Crippen molar-refractivity contribution in [2.45, 2.75) is 55.8 Å². The van der Waals surface area contributed by atoms with Gasteiger partial charge in [0, 0.05) is 58.6 Å². The quantitative estimate of drug-likeness (QED) is 0.406. The maximum atomic E-state index is 12.4. The summed E-state index contributed by atoms with van der Waals surface area (Å²) in [5.74, 6) is 1.19. The van der Waals surface area contributed by atoms with Crippen LogP contribution in [0.3, 0.4) is 0 Å². The predicted octanol–water partition coefficient (Wildman–Crippen LogP) is 4.17. The molecule has 1 atom stereocenters. The predicted molar refractivity (Wildman–Crippen MR) is 154 cm³/mol. The van der Waals surface area contributed by atoms with E-state index >= 15 is 0 Å². The zero-order chi connectivity index (χ0) is 30.1. The number of pyridine rings is 1. The SMILES string of the molecule is CNc1n[nH]c2cc[nH]c(=O)c12.N#CCC1CCOCC1.O=S1c2ccccc2CN1C1CCN(CC(F)(F)F)CC1. The number of piperidine rings is 1. The van der Waals surface area contributed by atoms with E-state index in [0.29, 0.717) is 56.0 Å². The largest absolute Gasteiger partial charge is 0.401 e. The molecule has 0 amide bonds. The number of nitriles is 1. The van der Waals surface area contributed by atoms with E-state index in [1.54, 1.807) is 19.3 Å². The third-order valence-corrected chi connectivity index (χ3v) is 9.14. The third-order valence-electron chi connectivity index (χ3n) is 7.51. The minimum absolute atomic E-state index is 0.0997. The monoisotopic (exact) mass is 607 g/mol. The maximum absolute atomic E-state index is 12.4. The fourth-order valence-electron chi connectivity index (χ4n) is 5.28. The molecular formula is C28H36F3N7O3S. The van der Waals surface area contributed by atoms with Gasteiger partial charge in [-0.05, 0) is 49.3 Å². The summed E-state index contributed by atoms with van der Waals surface area (Å²) in [6.45, 7) is 2.32. The number of aromatic nitrogens is 3. The van der Waals surface area contributed by atoms with Crippen LogP contribution in [0.5, 0.6) is 0 Å². The van der Waals surface area contributed by atoms with Gasteiger partial charge in [0.15, 0.2) is 5.82 Å². The Morgan fingerprint density at radius 3 is 2.52 bits per heavy atom. The molecule has 0 bridgehead atoms. The van der Waals surface area contributed by atoms with Gasteiger partial charge in [-0.15, -0.1) is 0 Å². The molecule has 3 N–H and O–H groups in total. The fourth-order valence-corrected chi connectivity index (χ4v) is 6.82. The molecule has 42 heavy (non-hydrogen) atoms. The molecule has 3 aliphatic heterocycles. The van der Waals surface area contributed by atoms with Gasteiger partial charge in [0.25, 0.3) is 5.56 Å². The molecule has 228 valence electrons. The van der Waals surface area contributed by atoms with Crippen molar-refractivity contribution in [3.63, 3.8) is 0 Å². The number of nitrogens with zero attached hydrogens (tertiary/aromatic N) is 4. The fraction of sp³-hybridized carbons (Fsp3) is 0.536. The number of alkyl halides is 3. The number of H-pyrrole nitrogens is 2. The zero-order valence-electron chi connectivity index (χ0n) is 23.5. The summed E-state index contributed by atoms with van der Waals surface area (Å²) in [6, 6.07) is 11.7. The first kappa shape index (κ1) is 31.7. The first-order valence-electron chi connectivity index (χ1n) is 13.9. The van der Waals surface area contributed by atoms with Crippen LogP contribution in [-0.2, 0) is 22.3 Å². The average molecular weight is 608 g/mol. The molecule has 5 heterocycles. The van der Waals surface area contributed by atoms with E-state index in [1.165, 1.54) is 4.90 Å². The normalized spacial score (nSPS) is 20.1. The van der Waals surface area contributed by atoms with Crippen molar-refractivity contribution < 1.29 is 22.1 Å². The van der Waals surface area contributed by atoms with Crippen LogP contribution < -0.4 is 10.9 Å². The first-order chi connectivity index (χ1) is 20.2. The highest BCUT2D eigenvalue weighted by atomic mass is 32.2. The molecule has 1 unspecified atom stereocenters. The zero-order valence-corrected chi connectivity index (χ0v) is 24.3. The Morgan fingerprint density at radius 1 is 1.17 bits per heavy atom. The lowest BCUT2D eigenvalue weighted by molar-refractivity contribution is -0.148. The number of nitrogens with one attached hydrogen (secondary N) is 3. The number of likely N-dealkylation sites (tertiary alicyclic amines) is 1. The number of fused-ring (bicyclic) bond motifs is 2. The van der Waals surface area contributed by atoms with Gasteiger partial charge < -0.3 is 15.0 Å². The van der Waals surface area contributed by atoms with Gasteiger partial charge in [0.2, 0.25) is 0 Å². The Kier molecular flexibility index (Phi) is 11.1. The number of benzene rings is 1. The summed E-state index contributed by atoms with van der Waals surface area (Å²) < 4.78 is 56.6. The molecule has 0 aliphatic carbocycles. The number of ether oxygens (including phenoxy) is 1. The van der Waals surface area contributed by atoms with Gasteiger partial charge in [-0.2, -0.15) is 23.5 Å². The third kappa shape index (κ3) is 8.41. The van der Waals surface area contributed by atoms with Crippen LogP contribution in [0.1, 0.15) is 37.7 Å². The summed E-state index contributed by atoms with van der Waals surface area (Å²) in [7, 11) is 0.553. The van der Waals surface area contributed by atoms with E-state index in [1.807, 2.05) is 28.6 Å². The van der Waals surface area contributed by atoms with Crippen molar-refractivity contribution in [2.24, 2.45) is 5.92 Å². The topological polar surface area (TPSA) is 130 Å². The van der Waals surface area contributed by atoms with Crippen molar-refractivity contribution in [3.8, 4) is 6.07 Å². The Morgan fingerprint density at radius 2 is 1.88 bits per heavy atom. The van der Waals surface area contributed by atoms with E-state index in [9.17, 15) is 22.2 Å². The van der Waals surface area contributed by atoms with Crippen molar-refractivity contribution in [1.29, 1.82) is 5.26 Å². The summed E-state index contributed by atoms with van der Waals surface area (Å²) in [6.07, 6.45) is 1.58. The van der Waals surface area contributed by atoms with Crippen LogP contribution in [0.15, 0.2) is 46.2 Å². The second-order valence-electron chi connectivity index (χ2n) is 10.4. The van der Waals surface area contributed by atoms with E-state index in [4.69, 9.17) is 10.00 Å². The lowest BCUT2D eigenvalue weighted by atomic mass is 9.98. The molecule has 10 nitrogen and oxygen atoms in total. The number of rotatable bonds is 4. The second-order valence-corrected chi connectivity index (χ2v) is 11.8. The summed E-state index contributed by atoms with van der Waals surface area (Å²) in [4.78, 5) is 16.1. The highest BCUT2D eigenvalue weighted by molar-refractivity contribution is 7.83. The van der Waals surface area contributed by atoms with Crippen LogP contribution in [0.25, 0.3) is 10.9 Å². The number of aromatic amines is 2. The van der Waals surface area contributed by atoms with Crippen LogP contribution in [0.4, 0.5) is 19.0 Å². The molecule has 0 radical (unpaired) electrons. The Labute approximate surface area is 244 Å². The van der Waals surface area contributed by atoms with E-state index < -0.39 is 23.7 Å². The summed E-state index contributed by atoms with van der Waals surface area (Å²) in [5, 5.41) is 18.4. The van der Waals surface area contributed by atoms with Crippen molar-refractivity contribution in [2.75, 3.05) is 45.2 Å². The highest BCUT2D eigenvalue weighted by Gasteiger charge is 2.37. The van der Waals surface area contributed by atoms with Crippen LogP contribution >= 0.6 is 0 Å². The Bertz CT molecular complexity index is 1420. The van der Waals surface area contributed by atoms with Gasteiger partial charge in [-0.25, -0.2) is 8.51 Å². The standard InChI is InChI=1S/C14H17F3N2OS.C7H8N4O.C7H11NO/c15-14(16,17)10-18-7-5-12(6-8-18)19-9-11-3-1-2-4-13(11)21(19)20;1-8-6-5-4(10-11-6)2-3-9-7(5)12;8-4-1-7-2-5-9-6-3-7/h1-4,12H,5-10H2;2-3H,1H3,(H,9,12)(H2,8,10,11);7H,1-3,5-6H2. The molecule has 2 aromatic heterocycles. The van der Waals surface area contributed by atoms with Crippen molar-refractivity contribution >= 4 is 27.7 Å². The van der Waals surface area contributed by atoms with Gasteiger partial charge in [-0.3, -0.25) is 14.8 Å². The smallest absolute Gasteiger partial charge is 0.381 e. The number of halogens is 3. The molecule has 14 heteroatoms. The van der Waals surface area contributed by atoms with Crippen LogP contribution in [0.2, 0.25) is 0 Å². The molecular weight excluding hydrogens is 571 g/mol. The first-order valence-corrected chi connectivity index (χ1v) is 15.0. The number of anilines is 1. The number of hydrogen-bond acceptors (Lipinski definition) is 7. The van der Waals surface area contributed by atoms with E-state index in [0.717, 1.165) is 42.0 Å². The molecule has 3 aromatic rings. The molecule has 6 rings (SSSR count). The van der Waals surface area contributed by atoms with Crippen molar-refractivity contribution in [1.82, 2.24) is 24.4 Å². The van der Waals surface area contributed by atoms with Crippen LogP contribution in [-0.4, -0.2) is 80.7 Å². The van der Waals surface area contributed by atoms with E-state index in [2.05, 4.69) is 26.6 Å². The lowest BCUT2D eigenvalue weighted by Gasteiger charge is -2.35. The second kappa shape index (κ2) is 14.8. The van der Waals surface area contributed by atoms with Gasteiger partial charge >= 0.3 is 6.18 Å². The van der Waals surface area contributed by atoms with Gasteiger partial charge in [0.1, 0.15) is 16.4 Å². The van der Waals surface area contributed by atoms with E-state index in [-0.39, 0.29) is 11.6 Å². The highest BCUT2D eigenvalue weighted by Crippen LogP contribution is 2.32. The minimum Gasteiger partial charge on any atom is -0.381 e. The number of hydrogen-bond donors (Lipinski definition) is 3. The van der Waals surface area contributed by atoms with Crippen molar-refractivity contribution in [3.05, 3.63) is 52.4 Å².